The van der Waals surface area contributed by atoms with Crippen molar-refractivity contribution in [2.24, 2.45) is 0 Å². The fourth-order valence-electron chi connectivity index (χ4n) is 1.60. The van der Waals surface area contributed by atoms with Crippen LogP contribution in [0.15, 0.2) is 14.9 Å². The predicted molar refractivity (Wildman–Crippen MR) is 65.4 cm³/mol. The second-order valence-corrected chi connectivity index (χ2v) is 4.27. The summed E-state index contributed by atoms with van der Waals surface area (Å²) in [6, 6.07) is 1.15. The van der Waals surface area contributed by atoms with Crippen LogP contribution in [0.2, 0.25) is 0 Å². The van der Waals surface area contributed by atoms with Crippen molar-refractivity contribution in [1.82, 2.24) is 15.5 Å². The lowest BCUT2D eigenvalue weighted by molar-refractivity contribution is -0.139. The fourth-order valence-corrected chi connectivity index (χ4v) is 1.60. The number of nitrogens with one attached hydrogen (secondary N) is 1. The Bertz CT molecular complexity index is 588. The lowest BCUT2D eigenvalue weighted by Crippen LogP contribution is -2.33. The Morgan fingerprint density at radius 2 is 2.16 bits per heavy atom. The van der Waals surface area contributed by atoms with Gasteiger partial charge in [0.15, 0.2) is 0 Å². The molecule has 0 radical (unpaired) electrons. The second kappa shape index (κ2) is 5.23. The summed E-state index contributed by atoms with van der Waals surface area (Å²) in [6.45, 7) is 5.40. The van der Waals surface area contributed by atoms with Crippen molar-refractivity contribution >= 4 is 5.97 Å². The fraction of sp³-hybridized carbons (Fsp3) is 0.417. The Morgan fingerprint density at radius 3 is 2.74 bits per heavy atom. The SMILES string of the molecule is Cc1cc(-c2nnc(CN[C@H](C)C(=O)O)o2)c(C)o1. The molecule has 0 amide bonds. The standard InChI is InChI=1S/C12H15N3O4/c1-6-4-9(8(3)18-6)11-15-14-10(19-11)5-13-7(2)12(16)17/h4,7,13H,5H2,1-3H3,(H,16,17)/t7-/m1/s1. The van der Waals surface area contributed by atoms with E-state index < -0.39 is 12.0 Å². The molecular weight excluding hydrogens is 250 g/mol. The monoisotopic (exact) mass is 265 g/mol. The third-order valence-corrected chi connectivity index (χ3v) is 2.67. The number of aliphatic carboxylic acids is 1. The molecule has 0 bridgehead atoms. The van der Waals surface area contributed by atoms with E-state index in [9.17, 15) is 4.79 Å². The zero-order valence-electron chi connectivity index (χ0n) is 10.9. The van der Waals surface area contributed by atoms with Gasteiger partial charge >= 0.3 is 5.97 Å². The molecule has 19 heavy (non-hydrogen) atoms. The van der Waals surface area contributed by atoms with Crippen molar-refractivity contribution in [2.75, 3.05) is 0 Å². The van der Waals surface area contributed by atoms with Crippen molar-refractivity contribution in [3.63, 3.8) is 0 Å². The molecule has 2 aromatic heterocycles. The van der Waals surface area contributed by atoms with Gasteiger partial charge in [-0.1, -0.05) is 0 Å². The summed E-state index contributed by atoms with van der Waals surface area (Å²) in [5.41, 5.74) is 0.752. The van der Waals surface area contributed by atoms with Crippen molar-refractivity contribution in [2.45, 2.75) is 33.4 Å². The molecule has 0 saturated carbocycles. The maximum atomic E-state index is 10.7. The quantitative estimate of drug-likeness (QED) is 0.844. The summed E-state index contributed by atoms with van der Waals surface area (Å²) < 4.78 is 10.8. The van der Waals surface area contributed by atoms with Gasteiger partial charge in [-0.05, 0) is 26.8 Å². The van der Waals surface area contributed by atoms with Gasteiger partial charge in [-0.15, -0.1) is 10.2 Å². The van der Waals surface area contributed by atoms with Crippen molar-refractivity contribution in [1.29, 1.82) is 0 Å². The van der Waals surface area contributed by atoms with Crippen LogP contribution in [0, 0.1) is 13.8 Å². The number of carbonyl (C=O) groups is 1. The van der Waals surface area contributed by atoms with Crippen LogP contribution in [0.5, 0.6) is 0 Å². The van der Waals surface area contributed by atoms with Crippen molar-refractivity contribution in [3.8, 4) is 11.5 Å². The minimum atomic E-state index is -0.930. The number of aromatic nitrogens is 2. The molecule has 0 fully saturated rings. The molecule has 1 atom stereocenters. The summed E-state index contributed by atoms with van der Waals surface area (Å²) >= 11 is 0. The van der Waals surface area contributed by atoms with Crippen LogP contribution in [0.25, 0.3) is 11.5 Å². The normalized spacial score (nSPS) is 12.6. The first-order valence-corrected chi connectivity index (χ1v) is 5.83. The van der Waals surface area contributed by atoms with Crippen LogP contribution in [-0.4, -0.2) is 27.3 Å². The molecular formula is C12H15N3O4. The number of hydrogen-bond donors (Lipinski definition) is 2. The van der Waals surface area contributed by atoms with E-state index in [0.717, 1.165) is 11.3 Å². The molecule has 0 spiro atoms. The lowest BCUT2D eigenvalue weighted by Gasteiger charge is -2.05. The molecule has 0 aromatic carbocycles. The van der Waals surface area contributed by atoms with E-state index in [0.29, 0.717) is 17.5 Å². The van der Waals surface area contributed by atoms with Gasteiger partial charge in [0.25, 0.3) is 5.89 Å². The van der Waals surface area contributed by atoms with Gasteiger partial charge in [0, 0.05) is 0 Å². The van der Waals surface area contributed by atoms with Gasteiger partial charge in [-0.25, -0.2) is 0 Å². The molecule has 0 aliphatic heterocycles. The third kappa shape index (κ3) is 3.00. The van der Waals surface area contributed by atoms with Gasteiger partial charge < -0.3 is 13.9 Å². The maximum absolute atomic E-state index is 10.7. The molecule has 2 aromatic rings. The molecule has 7 heteroatoms. The zero-order valence-corrected chi connectivity index (χ0v) is 10.9. The molecule has 0 saturated heterocycles. The van der Waals surface area contributed by atoms with Gasteiger partial charge in [0.2, 0.25) is 5.89 Å². The third-order valence-electron chi connectivity index (χ3n) is 2.67. The Kier molecular flexibility index (Phi) is 3.66. The maximum Gasteiger partial charge on any atom is 0.320 e. The van der Waals surface area contributed by atoms with Crippen molar-refractivity contribution in [3.05, 3.63) is 23.5 Å². The number of hydrogen-bond acceptors (Lipinski definition) is 6. The first-order valence-electron chi connectivity index (χ1n) is 5.83. The summed E-state index contributed by atoms with van der Waals surface area (Å²) in [7, 11) is 0. The largest absolute Gasteiger partial charge is 0.480 e. The first kappa shape index (κ1) is 13.3. The number of carboxylic acid groups (broad SMARTS) is 1. The number of carboxylic acids is 1. The van der Waals surface area contributed by atoms with Gasteiger partial charge in [0.05, 0.1) is 12.1 Å². The van der Waals surface area contributed by atoms with Crippen LogP contribution in [0.1, 0.15) is 24.3 Å². The van der Waals surface area contributed by atoms with Crippen LogP contribution < -0.4 is 5.32 Å². The molecule has 102 valence electrons. The van der Waals surface area contributed by atoms with E-state index in [2.05, 4.69) is 15.5 Å². The molecule has 0 unspecified atom stereocenters. The van der Waals surface area contributed by atoms with Crippen LogP contribution in [0.3, 0.4) is 0 Å². The van der Waals surface area contributed by atoms with E-state index >= 15 is 0 Å². The smallest absolute Gasteiger partial charge is 0.320 e. The average molecular weight is 265 g/mol. The van der Waals surface area contributed by atoms with Gasteiger partial charge in [-0.3, -0.25) is 10.1 Å². The number of furan rings is 1. The number of nitrogens with zero attached hydrogens (tertiary/aromatic N) is 2. The van der Waals surface area contributed by atoms with E-state index in [1.807, 2.05) is 19.9 Å². The number of rotatable bonds is 5. The predicted octanol–water partition coefficient (Wildman–Crippen LogP) is 1.51. The molecule has 7 nitrogen and oxygen atoms in total. The molecule has 2 heterocycles. The van der Waals surface area contributed by atoms with E-state index in [-0.39, 0.29) is 6.54 Å². The summed E-state index contributed by atoms with van der Waals surface area (Å²) in [4.78, 5) is 10.7. The highest BCUT2D eigenvalue weighted by atomic mass is 16.4. The van der Waals surface area contributed by atoms with Crippen LogP contribution >= 0.6 is 0 Å². The highest BCUT2D eigenvalue weighted by Crippen LogP contribution is 2.25. The Hall–Kier alpha value is -2.15. The highest BCUT2D eigenvalue weighted by Gasteiger charge is 2.16. The Balaban J connectivity index is 2.07. The Labute approximate surface area is 109 Å². The van der Waals surface area contributed by atoms with E-state index in [4.69, 9.17) is 13.9 Å². The lowest BCUT2D eigenvalue weighted by atomic mass is 10.2. The topological polar surface area (TPSA) is 101 Å². The average Bonchev–Trinajstić information content (AvgIpc) is 2.92. The minimum absolute atomic E-state index is 0.205. The summed E-state index contributed by atoms with van der Waals surface area (Å²) in [5, 5.41) is 19.3. The Morgan fingerprint density at radius 1 is 1.42 bits per heavy atom. The van der Waals surface area contributed by atoms with Crippen LogP contribution in [-0.2, 0) is 11.3 Å². The number of aryl methyl sites for hydroxylation is 2. The second-order valence-electron chi connectivity index (χ2n) is 4.27. The first-order chi connectivity index (χ1) is 8.97. The summed E-state index contributed by atoms with van der Waals surface area (Å²) in [6.07, 6.45) is 0. The molecule has 2 rings (SSSR count). The molecule has 2 N–H and O–H groups in total. The molecule has 0 aliphatic carbocycles. The molecule has 0 aliphatic rings. The highest BCUT2D eigenvalue weighted by molar-refractivity contribution is 5.72. The van der Waals surface area contributed by atoms with Gasteiger partial charge in [-0.2, -0.15) is 0 Å². The van der Waals surface area contributed by atoms with E-state index in [1.165, 1.54) is 0 Å². The van der Waals surface area contributed by atoms with Crippen LogP contribution in [0.4, 0.5) is 0 Å². The van der Waals surface area contributed by atoms with Gasteiger partial charge in [0.1, 0.15) is 17.6 Å². The van der Waals surface area contributed by atoms with E-state index in [1.54, 1.807) is 6.92 Å². The summed E-state index contributed by atoms with van der Waals surface area (Å²) in [5.74, 6) is 1.25. The zero-order chi connectivity index (χ0) is 14.0. The minimum Gasteiger partial charge on any atom is -0.480 e. The van der Waals surface area contributed by atoms with Crippen molar-refractivity contribution < 1.29 is 18.7 Å².